The minimum absolute atomic E-state index is 0.00435. The third-order valence-electron chi connectivity index (χ3n) is 5.24. The van der Waals surface area contributed by atoms with Gasteiger partial charge in [0.05, 0.1) is 6.54 Å². The summed E-state index contributed by atoms with van der Waals surface area (Å²) in [4.78, 5) is 18.4. The number of sulfonamides is 1. The molecular formula is C20H23N5O5S. The molecule has 0 saturated carbocycles. The summed E-state index contributed by atoms with van der Waals surface area (Å²) < 4.78 is 37.8. The summed E-state index contributed by atoms with van der Waals surface area (Å²) in [7, 11) is -3.84. The van der Waals surface area contributed by atoms with Gasteiger partial charge in [0.25, 0.3) is 0 Å². The molecule has 0 spiro atoms. The highest BCUT2D eigenvalue weighted by atomic mass is 32.2. The predicted molar refractivity (Wildman–Crippen MR) is 108 cm³/mol. The van der Waals surface area contributed by atoms with Crippen LogP contribution < -0.4 is 4.72 Å². The molecule has 31 heavy (non-hydrogen) atoms. The molecule has 0 unspecified atom stereocenters. The van der Waals surface area contributed by atoms with Crippen molar-refractivity contribution in [3.05, 3.63) is 59.1 Å². The lowest BCUT2D eigenvalue weighted by Gasteiger charge is -2.21. The largest absolute Gasteiger partial charge is 0.360 e. The third-order valence-corrected chi connectivity index (χ3v) is 6.88. The van der Waals surface area contributed by atoms with Crippen molar-refractivity contribution in [2.45, 2.75) is 50.6 Å². The first-order valence-corrected chi connectivity index (χ1v) is 11.4. The number of hydrogen-bond donors (Lipinski definition) is 1. The molecule has 1 aliphatic heterocycles. The van der Waals surface area contributed by atoms with Crippen LogP contribution in [-0.4, -0.2) is 41.1 Å². The van der Waals surface area contributed by atoms with Crippen LogP contribution in [0.1, 0.15) is 47.6 Å². The molecule has 0 bridgehead atoms. The van der Waals surface area contributed by atoms with Gasteiger partial charge in [0.15, 0.2) is 11.6 Å². The van der Waals surface area contributed by atoms with E-state index in [-0.39, 0.29) is 40.7 Å². The second kappa shape index (κ2) is 8.60. The number of likely N-dealkylation sites (tertiary alicyclic amines) is 1. The van der Waals surface area contributed by atoms with Gasteiger partial charge in [0.1, 0.15) is 16.6 Å². The van der Waals surface area contributed by atoms with E-state index < -0.39 is 10.0 Å². The number of nitrogens with zero attached hydrogens (tertiary/aromatic N) is 4. The Labute approximate surface area is 179 Å². The van der Waals surface area contributed by atoms with Crippen molar-refractivity contribution >= 4 is 15.9 Å². The molecule has 10 nitrogen and oxygen atoms in total. The molecule has 3 aromatic rings. The summed E-state index contributed by atoms with van der Waals surface area (Å²) in [5, 5.41) is 7.54. The van der Waals surface area contributed by atoms with Crippen molar-refractivity contribution in [2.24, 2.45) is 0 Å². The molecule has 3 heterocycles. The van der Waals surface area contributed by atoms with E-state index in [1.807, 2.05) is 30.3 Å². The van der Waals surface area contributed by atoms with Crippen LogP contribution in [0.5, 0.6) is 0 Å². The van der Waals surface area contributed by atoms with E-state index in [1.165, 1.54) is 6.92 Å². The Morgan fingerprint density at radius 2 is 1.94 bits per heavy atom. The number of carbonyl (C=O) groups excluding carboxylic acids is 1. The molecule has 1 fully saturated rings. The van der Waals surface area contributed by atoms with E-state index in [2.05, 4.69) is 20.0 Å². The molecule has 1 aromatic carbocycles. The first-order valence-electron chi connectivity index (χ1n) is 9.93. The minimum Gasteiger partial charge on any atom is -0.360 e. The number of carbonyl (C=O) groups is 1. The smallest absolute Gasteiger partial charge is 0.249 e. The summed E-state index contributed by atoms with van der Waals surface area (Å²) >= 11 is 0. The summed E-state index contributed by atoms with van der Waals surface area (Å²) in [6.07, 6.45) is 1.72. The Hall–Kier alpha value is -3.05. The van der Waals surface area contributed by atoms with Gasteiger partial charge in [-0.3, -0.25) is 4.79 Å². The molecule has 164 valence electrons. The third kappa shape index (κ3) is 4.52. The summed E-state index contributed by atoms with van der Waals surface area (Å²) in [6.45, 7) is 3.48. The van der Waals surface area contributed by atoms with Crippen LogP contribution in [-0.2, 0) is 27.8 Å². The Balaban J connectivity index is 1.42. The number of aromatic nitrogens is 3. The highest BCUT2D eigenvalue weighted by Gasteiger charge is 2.35. The number of hydrogen-bond acceptors (Lipinski definition) is 8. The normalized spacial score (nSPS) is 16.9. The van der Waals surface area contributed by atoms with Gasteiger partial charge in [0.2, 0.25) is 21.8 Å². The molecule has 2 aromatic heterocycles. The van der Waals surface area contributed by atoms with Crippen LogP contribution in [0.2, 0.25) is 0 Å². The second-order valence-electron chi connectivity index (χ2n) is 7.40. The lowest BCUT2D eigenvalue weighted by Crippen LogP contribution is -2.30. The molecule has 0 aliphatic carbocycles. The quantitative estimate of drug-likeness (QED) is 0.557. The van der Waals surface area contributed by atoms with Gasteiger partial charge < -0.3 is 13.9 Å². The molecule has 1 N–H and O–H groups in total. The predicted octanol–water partition coefficient (Wildman–Crippen LogP) is 2.06. The molecule has 11 heteroatoms. The van der Waals surface area contributed by atoms with Crippen LogP contribution in [0.3, 0.4) is 0 Å². The van der Waals surface area contributed by atoms with Crippen molar-refractivity contribution in [1.29, 1.82) is 0 Å². The Kier molecular flexibility index (Phi) is 5.88. The number of aryl methyl sites for hydroxylation is 2. The number of amides is 1. The highest BCUT2D eigenvalue weighted by Crippen LogP contribution is 2.32. The second-order valence-corrected chi connectivity index (χ2v) is 9.11. The lowest BCUT2D eigenvalue weighted by atomic mass is 10.1. The molecule has 1 amide bonds. The van der Waals surface area contributed by atoms with E-state index in [9.17, 15) is 13.2 Å². The van der Waals surface area contributed by atoms with Gasteiger partial charge in [-0.05, 0) is 32.3 Å². The molecule has 4 rings (SSSR count). The van der Waals surface area contributed by atoms with Crippen LogP contribution in [0.15, 0.2) is 44.3 Å². The molecule has 1 aliphatic rings. The zero-order valence-corrected chi connectivity index (χ0v) is 18.1. The number of rotatable bonds is 8. The molecule has 1 atom stereocenters. The van der Waals surface area contributed by atoms with Gasteiger partial charge in [-0.1, -0.05) is 40.6 Å². The highest BCUT2D eigenvalue weighted by molar-refractivity contribution is 7.89. The Morgan fingerprint density at radius 1 is 1.16 bits per heavy atom. The van der Waals surface area contributed by atoms with E-state index in [4.69, 9.17) is 9.05 Å². The first kappa shape index (κ1) is 21.2. The van der Waals surface area contributed by atoms with Crippen LogP contribution in [0.25, 0.3) is 0 Å². The van der Waals surface area contributed by atoms with Gasteiger partial charge in [0, 0.05) is 13.0 Å². The van der Waals surface area contributed by atoms with Gasteiger partial charge in [-0.2, -0.15) is 4.98 Å². The lowest BCUT2D eigenvalue weighted by molar-refractivity contribution is -0.129. The SMILES string of the molecule is Cc1noc(C)c1S(=O)(=O)NCc1noc([C@@H]2CCC(=O)N2CCc2ccccc2)n1. The van der Waals surface area contributed by atoms with Gasteiger partial charge in [-0.15, -0.1) is 0 Å². The molecule has 1 saturated heterocycles. The van der Waals surface area contributed by atoms with Crippen molar-refractivity contribution in [1.82, 2.24) is 24.9 Å². The minimum atomic E-state index is -3.84. The number of benzene rings is 1. The monoisotopic (exact) mass is 445 g/mol. The van der Waals surface area contributed by atoms with Gasteiger partial charge in [-0.25, -0.2) is 13.1 Å². The van der Waals surface area contributed by atoms with E-state index >= 15 is 0 Å². The van der Waals surface area contributed by atoms with Crippen LogP contribution in [0, 0.1) is 13.8 Å². The van der Waals surface area contributed by atoms with Crippen LogP contribution in [0.4, 0.5) is 0 Å². The fourth-order valence-corrected chi connectivity index (χ4v) is 5.03. The van der Waals surface area contributed by atoms with Crippen molar-refractivity contribution in [2.75, 3.05) is 6.54 Å². The van der Waals surface area contributed by atoms with E-state index in [0.29, 0.717) is 25.3 Å². The number of nitrogens with one attached hydrogen (secondary N) is 1. The maximum atomic E-state index is 12.5. The fourth-order valence-electron chi connectivity index (χ4n) is 3.73. The summed E-state index contributed by atoms with van der Waals surface area (Å²) in [5.41, 5.74) is 1.42. The zero-order chi connectivity index (χ0) is 22.0. The van der Waals surface area contributed by atoms with E-state index in [0.717, 1.165) is 12.0 Å². The maximum Gasteiger partial charge on any atom is 0.249 e. The Morgan fingerprint density at radius 3 is 2.65 bits per heavy atom. The van der Waals surface area contributed by atoms with Crippen molar-refractivity contribution in [3.63, 3.8) is 0 Å². The topological polar surface area (TPSA) is 131 Å². The average molecular weight is 446 g/mol. The molecular weight excluding hydrogens is 422 g/mol. The van der Waals surface area contributed by atoms with Crippen LogP contribution >= 0.6 is 0 Å². The summed E-state index contributed by atoms with van der Waals surface area (Å²) in [6, 6.07) is 9.61. The zero-order valence-electron chi connectivity index (χ0n) is 17.2. The van der Waals surface area contributed by atoms with E-state index in [1.54, 1.807) is 11.8 Å². The maximum absolute atomic E-state index is 12.5. The first-order chi connectivity index (χ1) is 14.8. The standard InChI is InChI=1S/C20H23N5O5S/c1-13-19(14(2)29-23-13)31(27,28)21-12-17-22-20(30-24-17)16-8-9-18(26)25(16)11-10-15-6-4-3-5-7-15/h3-7,16,21H,8-12H2,1-2H3/t16-/m0/s1. The molecule has 0 radical (unpaired) electrons. The Bertz CT molecular complexity index is 1150. The summed E-state index contributed by atoms with van der Waals surface area (Å²) in [5.74, 6) is 0.746. The average Bonchev–Trinajstić information content (AvgIpc) is 3.45. The fraction of sp³-hybridized carbons (Fsp3) is 0.400. The van der Waals surface area contributed by atoms with Gasteiger partial charge >= 0.3 is 0 Å². The van der Waals surface area contributed by atoms with Crippen molar-refractivity contribution in [3.8, 4) is 0 Å². The van der Waals surface area contributed by atoms with Crippen molar-refractivity contribution < 1.29 is 22.3 Å².